The van der Waals surface area contributed by atoms with E-state index in [1.54, 1.807) is 13.2 Å². The Labute approximate surface area is 180 Å². The summed E-state index contributed by atoms with van der Waals surface area (Å²) in [7, 11) is 2.79. The Kier molecular flexibility index (Phi) is 5.99. The van der Waals surface area contributed by atoms with Gasteiger partial charge in [0.2, 0.25) is 0 Å². The van der Waals surface area contributed by atoms with Crippen molar-refractivity contribution in [3.05, 3.63) is 34.2 Å². The molecule has 0 aromatic heterocycles. The average molecular weight is 431 g/mol. The topological polar surface area (TPSA) is 76.2 Å². The molecule has 0 N–H and O–H groups in total. The number of ether oxygens (including phenoxy) is 2. The molecule has 2 amide bonds. The van der Waals surface area contributed by atoms with E-state index in [-0.39, 0.29) is 10.4 Å². The van der Waals surface area contributed by atoms with Crippen LogP contribution in [0.4, 0.5) is 10.5 Å². The van der Waals surface area contributed by atoms with Gasteiger partial charge in [-0.3, -0.25) is 19.3 Å². The van der Waals surface area contributed by atoms with E-state index < -0.39 is 23.7 Å². The molecule has 7 nitrogen and oxygen atoms in total. The van der Waals surface area contributed by atoms with Gasteiger partial charge in [-0.05, 0) is 57.2 Å². The Bertz CT molecular complexity index is 980. The minimum absolute atomic E-state index is 0.130. The zero-order chi connectivity index (χ0) is 22.2. The molecule has 0 bridgehead atoms. The lowest BCUT2D eigenvalue weighted by molar-refractivity contribution is -0.143. The zero-order valence-corrected chi connectivity index (χ0v) is 18.9. The fourth-order valence-corrected chi connectivity index (χ4v) is 4.79. The van der Waals surface area contributed by atoms with E-state index in [1.807, 2.05) is 12.1 Å². The molecule has 2 aliphatic heterocycles. The number of hydrogen-bond acceptors (Lipinski definition) is 7. The first kappa shape index (κ1) is 22.0. The SMILES string of the molecule is CCN1c2cc(OC)c(/C=C3\SC(=O)N(CC(=O)OC)C3=O)cc2C(C)=CC1(C)C. The minimum atomic E-state index is -0.645. The highest BCUT2D eigenvalue weighted by molar-refractivity contribution is 8.18. The summed E-state index contributed by atoms with van der Waals surface area (Å²) in [6, 6.07) is 3.95. The first-order chi connectivity index (χ1) is 14.1. The fourth-order valence-electron chi connectivity index (χ4n) is 3.96. The number of esters is 1. The second-order valence-corrected chi connectivity index (χ2v) is 8.67. The van der Waals surface area contributed by atoms with Gasteiger partial charge in [-0.25, -0.2) is 0 Å². The number of allylic oxidation sites excluding steroid dienone is 1. The van der Waals surface area contributed by atoms with E-state index in [4.69, 9.17) is 4.74 Å². The van der Waals surface area contributed by atoms with E-state index in [0.29, 0.717) is 11.3 Å². The molecule has 2 aliphatic rings. The molecule has 8 heteroatoms. The van der Waals surface area contributed by atoms with Crippen LogP contribution in [0.25, 0.3) is 11.6 Å². The smallest absolute Gasteiger partial charge is 0.325 e. The summed E-state index contributed by atoms with van der Waals surface area (Å²) >= 11 is 0.801. The number of thioether (sulfide) groups is 1. The molecule has 0 spiro atoms. The van der Waals surface area contributed by atoms with Crippen molar-refractivity contribution in [1.82, 2.24) is 4.90 Å². The second-order valence-electron chi connectivity index (χ2n) is 7.68. The Balaban J connectivity index is 2.04. The van der Waals surface area contributed by atoms with Gasteiger partial charge in [0, 0.05) is 29.4 Å². The van der Waals surface area contributed by atoms with Crippen molar-refractivity contribution >= 4 is 46.2 Å². The van der Waals surface area contributed by atoms with Crippen molar-refractivity contribution in [2.24, 2.45) is 0 Å². The summed E-state index contributed by atoms with van der Waals surface area (Å²) in [4.78, 5) is 39.8. The predicted octanol–water partition coefficient (Wildman–Crippen LogP) is 3.93. The first-order valence-corrected chi connectivity index (χ1v) is 10.5. The zero-order valence-electron chi connectivity index (χ0n) is 18.1. The number of rotatable bonds is 5. The highest BCUT2D eigenvalue weighted by Gasteiger charge is 2.37. The van der Waals surface area contributed by atoms with Crippen LogP contribution in [0.2, 0.25) is 0 Å². The third kappa shape index (κ3) is 3.84. The van der Waals surface area contributed by atoms with E-state index in [0.717, 1.165) is 40.0 Å². The molecular formula is C22H26N2O5S. The molecule has 0 aliphatic carbocycles. The van der Waals surface area contributed by atoms with Gasteiger partial charge < -0.3 is 14.4 Å². The quantitative estimate of drug-likeness (QED) is 0.517. The molecule has 1 aromatic carbocycles. The maximum atomic E-state index is 12.7. The molecule has 2 heterocycles. The highest BCUT2D eigenvalue weighted by Crippen LogP contribution is 2.43. The van der Waals surface area contributed by atoms with Gasteiger partial charge in [0.25, 0.3) is 11.1 Å². The summed E-state index contributed by atoms with van der Waals surface area (Å²) in [6.45, 7) is 8.94. The van der Waals surface area contributed by atoms with Gasteiger partial charge in [-0.1, -0.05) is 6.08 Å². The van der Waals surface area contributed by atoms with E-state index in [9.17, 15) is 14.4 Å². The molecule has 30 heavy (non-hydrogen) atoms. The van der Waals surface area contributed by atoms with E-state index >= 15 is 0 Å². The number of methoxy groups -OCH3 is 2. The molecular weight excluding hydrogens is 404 g/mol. The molecule has 0 radical (unpaired) electrons. The molecule has 3 rings (SSSR count). The van der Waals surface area contributed by atoms with Crippen LogP contribution in [0, 0.1) is 0 Å². The average Bonchev–Trinajstić information content (AvgIpc) is 2.94. The largest absolute Gasteiger partial charge is 0.496 e. The number of carbonyl (C=O) groups is 3. The van der Waals surface area contributed by atoms with Gasteiger partial charge in [0.15, 0.2) is 0 Å². The minimum Gasteiger partial charge on any atom is -0.496 e. The van der Waals surface area contributed by atoms with Crippen molar-refractivity contribution in [2.75, 3.05) is 32.2 Å². The molecule has 1 saturated heterocycles. The number of likely N-dealkylation sites (N-methyl/N-ethyl adjacent to an activating group) is 1. The van der Waals surface area contributed by atoms with Crippen molar-refractivity contribution in [2.45, 2.75) is 33.2 Å². The van der Waals surface area contributed by atoms with Crippen LogP contribution >= 0.6 is 11.8 Å². The third-order valence-corrected chi connectivity index (χ3v) is 6.23. The van der Waals surface area contributed by atoms with Crippen molar-refractivity contribution in [3.63, 3.8) is 0 Å². The molecule has 1 aromatic rings. The van der Waals surface area contributed by atoms with E-state index in [2.05, 4.69) is 43.4 Å². The Hall–Kier alpha value is -2.74. The number of benzene rings is 1. The summed E-state index contributed by atoms with van der Waals surface area (Å²) in [5, 5.41) is -0.497. The maximum absolute atomic E-state index is 12.7. The van der Waals surface area contributed by atoms with Gasteiger partial charge in [-0.15, -0.1) is 0 Å². The van der Waals surface area contributed by atoms with Crippen LogP contribution in [-0.2, 0) is 14.3 Å². The number of carbonyl (C=O) groups excluding carboxylic acids is 3. The molecule has 1 fully saturated rings. The summed E-state index contributed by atoms with van der Waals surface area (Å²) < 4.78 is 10.2. The molecule has 0 unspecified atom stereocenters. The number of fused-ring (bicyclic) bond motifs is 1. The number of amides is 2. The Morgan fingerprint density at radius 3 is 2.53 bits per heavy atom. The number of hydrogen-bond donors (Lipinski definition) is 0. The van der Waals surface area contributed by atoms with Crippen molar-refractivity contribution in [1.29, 1.82) is 0 Å². The van der Waals surface area contributed by atoms with Crippen LogP contribution in [0.15, 0.2) is 23.1 Å². The predicted molar refractivity (Wildman–Crippen MR) is 118 cm³/mol. The number of nitrogens with zero attached hydrogens (tertiary/aromatic N) is 2. The number of anilines is 1. The first-order valence-electron chi connectivity index (χ1n) is 9.64. The van der Waals surface area contributed by atoms with E-state index in [1.165, 1.54) is 7.11 Å². The van der Waals surface area contributed by atoms with Crippen LogP contribution < -0.4 is 9.64 Å². The van der Waals surface area contributed by atoms with Crippen LogP contribution in [0.1, 0.15) is 38.8 Å². The van der Waals surface area contributed by atoms with Gasteiger partial charge in [0.1, 0.15) is 12.3 Å². The second kappa shape index (κ2) is 8.18. The van der Waals surface area contributed by atoms with Crippen LogP contribution in [0.5, 0.6) is 5.75 Å². The van der Waals surface area contributed by atoms with Gasteiger partial charge in [-0.2, -0.15) is 0 Å². The normalized spacial score (nSPS) is 19.1. The molecule has 0 saturated carbocycles. The highest BCUT2D eigenvalue weighted by atomic mass is 32.2. The fraction of sp³-hybridized carbons (Fsp3) is 0.409. The lowest BCUT2D eigenvalue weighted by Gasteiger charge is -2.43. The maximum Gasteiger partial charge on any atom is 0.325 e. The summed E-state index contributed by atoms with van der Waals surface area (Å²) in [5.74, 6) is -0.552. The monoisotopic (exact) mass is 430 g/mol. The van der Waals surface area contributed by atoms with Crippen molar-refractivity contribution in [3.8, 4) is 5.75 Å². The lowest BCUT2D eigenvalue weighted by atomic mass is 9.87. The third-order valence-electron chi connectivity index (χ3n) is 5.32. The van der Waals surface area contributed by atoms with Gasteiger partial charge >= 0.3 is 5.97 Å². The molecule has 160 valence electrons. The lowest BCUT2D eigenvalue weighted by Crippen LogP contribution is -2.44. The van der Waals surface area contributed by atoms with Gasteiger partial charge in [0.05, 0.1) is 24.7 Å². The molecule has 0 atom stereocenters. The van der Waals surface area contributed by atoms with Crippen LogP contribution in [0.3, 0.4) is 0 Å². The standard InChI is InChI=1S/C22H26N2O5S/c1-7-24-16-10-17(28-5)14(8-15(16)13(2)11-22(24,3)4)9-18-20(26)23(21(27)30-18)12-19(25)29-6/h8-11H,7,12H2,1-6H3/b18-9-. The Morgan fingerprint density at radius 1 is 1.23 bits per heavy atom. The summed E-state index contributed by atoms with van der Waals surface area (Å²) in [6.07, 6.45) is 3.87. The Morgan fingerprint density at radius 2 is 1.93 bits per heavy atom. The summed E-state index contributed by atoms with van der Waals surface area (Å²) in [5.41, 5.74) is 3.82. The van der Waals surface area contributed by atoms with Crippen LogP contribution in [-0.4, -0.2) is 54.9 Å². The van der Waals surface area contributed by atoms with Crippen molar-refractivity contribution < 1.29 is 23.9 Å². The number of imide groups is 1.